The van der Waals surface area contributed by atoms with Crippen LogP contribution in [0, 0.1) is 6.92 Å². The molecule has 1 aromatic carbocycles. The molecule has 0 saturated carbocycles. The Morgan fingerprint density at radius 2 is 1.80 bits per heavy atom. The zero-order valence-electron chi connectivity index (χ0n) is 16.7. The summed E-state index contributed by atoms with van der Waals surface area (Å²) in [6.45, 7) is 4.87. The molecule has 30 heavy (non-hydrogen) atoms. The average Bonchev–Trinajstić information content (AvgIpc) is 3.44. The van der Waals surface area contributed by atoms with E-state index in [1.165, 1.54) is 5.56 Å². The number of amides is 1. The van der Waals surface area contributed by atoms with Crippen LogP contribution in [0.2, 0.25) is 0 Å². The van der Waals surface area contributed by atoms with Crippen molar-refractivity contribution in [2.45, 2.75) is 13.3 Å². The van der Waals surface area contributed by atoms with Gasteiger partial charge in [-0.3, -0.25) is 4.79 Å². The van der Waals surface area contributed by atoms with E-state index in [4.69, 9.17) is 9.52 Å². The zero-order chi connectivity index (χ0) is 20.5. The number of hydrogen-bond donors (Lipinski definition) is 0. The van der Waals surface area contributed by atoms with Crippen LogP contribution in [0.15, 0.2) is 59.2 Å². The maximum absolute atomic E-state index is 12.7. The Morgan fingerprint density at radius 1 is 1.00 bits per heavy atom. The third-order valence-corrected chi connectivity index (χ3v) is 5.42. The standard InChI is InChI=1S/C22H22N6O2/c1-16-4-6-17(7-5-16)15-21(29)27-12-10-26(11-13-27)20-9-8-19-23-24-22(28(19)25-20)18-3-2-14-30-18/h2-9,14H,10-13,15H2,1H3. The Hall–Kier alpha value is -3.68. The fourth-order valence-corrected chi connectivity index (χ4v) is 3.68. The molecule has 4 heterocycles. The van der Waals surface area contributed by atoms with E-state index in [2.05, 4.69) is 15.1 Å². The Morgan fingerprint density at radius 3 is 2.53 bits per heavy atom. The molecule has 3 aromatic heterocycles. The summed E-state index contributed by atoms with van der Waals surface area (Å²) in [5.74, 6) is 2.20. The van der Waals surface area contributed by atoms with E-state index in [1.54, 1.807) is 10.8 Å². The van der Waals surface area contributed by atoms with Crippen LogP contribution in [0.3, 0.4) is 0 Å². The molecule has 1 saturated heterocycles. The summed E-state index contributed by atoms with van der Waals surface area (Å²) in [5.41, 5.74) is 2.92. The first kappa shape index (κ1) is 18.4. The second-order valence-electron chi connectivity index (χ2n) is 7.49. The number of hydrogen-bond acceptors (Lipinski definition) is 6. The van der Waals surface area contributed by atoms with Gasteiger partial charge in [-0.1, -0.05) is 29.8 Å². The molecule has 1 amide bonds. The highest BCUT2D eigenvalue weighted by molar-refractivity contribution is 5.79. The predicted octanol–water partition coefficient (Wildman–Crippen LogP) is 2.58. The van der Waals surface area contributed by atoms with Crippen molar-refractivity contribution in [2.75, 3.05) is 31.1 Å². The van der Waals surface area contributed by atoms with Crippen molar-refractivity contribution in [3.63, 3.8) is 0 Å². The number of furan rings is 1. The summed E-state index contributed by atoms with van der Waals surface area (Å²) >= 11 is 0. The third kappa shape index (κ3) is 3.52. The van der Waals surface area contributed by atoms with Crippen LogP contribution in [-0.2, 0) is 11.2 Å². The van der Waals surface area contributed by atoms with Crippen LogP contribution in [0.5, 0.6) is 0 Å². The maximum Gasteiger partial charge on any atom is 0.227 e. The van der Waals surface area contributed by atoms with Crippen LogP contribution in [0.4, 0.5) is 5.82 Å². The molecule has 1 fully saturated rings. The van der Waals surface area contributed by atoms with E-state index in [9.17, 15) is 4.79 Å². The lowest BCUT2D eigenvalue weighted by Crippen LogP contribution is -2.49. The van der Waals surface area contributed by atoms with Gasteiger partial charge < -0.3 is 14.2 Å². The number of carbonyl (C=O) groups excluding carboxylic acids is 1. The van der Waals surface area contributed by atoms with E-state index in [1.807, 2.05) is 60.4 Å². The van der Waals surface area contributed by atoms with Gasteiger partial charge in [-0.2, -0.15) is 4.52 Å². The van der Waals surface area contributed by atoms with E-state index in [-0.39, 0.29) is 5.91 Å². The van der Waals surface area contributed by atoms with Gasteiger partial charge >= 0.3 is 0 Å². The molecule has 0 N–H and O–H groups in total. The maximum atomic E-state index is 12.7. The SMILES string of the molecule is Cc1ccc(CC(=O)N2CCN(c3ccc4nnc(-c5ccco5)n4n3)CC2)cc1. The number of rotatable bonds is 4. The second-order valence-corrected chi connectivity index (χ2v) is 7.49. The van der Waals surface area contributed by atoms with Gasteiger partial charge in [-0.05, 0) is 36.8 Å². The van der Waals surface area contributed by atoms with E-state index in [0.717, 1.165) is 24.5 Å². The number of anilines is 1. The molecule has 0 atom stereocenters. The van der Waals surface area contributed by atoms with Crippen LogP contribution < -0.4 is 4.90 Å². The molecule has 1 aliphatic rings. The molecule has 0 aliphatic carbocycles. The average molecular weight is 402 g/mol. The van der Waals surface area contributed by atoms with Crippen LogP contribution in [0.1, 0.15) is 11.1 Å². The van der Waals surface area contributed by atoms with Gasteiger partial charge in [0.25, 0.3) is 0 Å². The number of benzene rings is 1. The predicted molar refractivity (Wildman–Crippen MR) is 112 cm³/mol. The Balaban J connectivity index is 1.27. The second kappa shape index (κ2) is 7.62. The molecule has 152 valence electrons. The van der Waals surface area contributed by atoms with Crippen molar-refractivity contribution in [3.05, 3.63) is 65.9 Å². The highest BCUT2D eigenvalue weighted by Crippen LogP contribution is 2.21. The summed E-state index contributed by atoms with van der Waals surface area (Å²) in [6, 6.07) is 15.6. The van der Waals surface area contributed by atoms with Gasteiger partial charge in [0.05, 0.1) is 12.7 Å². The zero-order valence-corrected chi connectivity index (χ0v) is 16.7. The minimum Gasteiger partial charge on any atom is -0.461 e. The topological polar surface area (TPSA) is 79.8 Å². The van der Waals surface area contributed by atoms with Gasteiger partial charge in [0.2, 0.25) is 11.7 Å². The van der Waals surface area contributed by atoms with Gasteiger partial charge in [0.15, 0.2) is 11.4 Å². The minimum absolute atomic E-state index is 0.167. The molecule has 5 rings (SSSR count). The minimum atomic E-state index is 0.167. The lowest BCUT2D eigenvalue weighted by Gasteiger charge is -2.35. The molecular formula is C22H22N6O2. The van der Waals surface area contributed by atoms with Gasteiger partial charge in [-0.15, -0.1) is 15.3 Å². The molecular weight excluding hydrogens is 380 g/mol. The van der Waals surface area contributed by atoms with Crippen LogP contribution in [0.25, 0.3) is 17.2 Å². The molecule has 1 aliphatic heterocycles. The van der Waals surface area contributed by atoms with Crippen molar-refractivity contribution in [1.29, 1.82) is 0 Å². The van der Waals surface area contributed by atoms with Crippen molar-refractivity contribution < 1.29 is 9.21 Å². The molecule has 0 radical (unpaired) electrons. The first-order valence-corrected chi connectivity index (χ1v) is 10.0. The van der Waals surface area contributed by atoms with Crippen molar-refractivity contribution in [1.82, 2.24) is 24.7 Å². The lowest BCUT2D eigenvalue weighted by molar-refractivity contribution is -0.130. The Labute approximate surface area is 173 Å². The number of nitrogens with zero attached hydrogens (tertiary/aromatic N) is 6. The molecule has 0 bridgehead atoms. The molecule has 4 aromatic rings. The normalized spacial score (nSPS) is 14.4. The fourth-order valence-electron chi connectivity index (χ4n) is 3.68. The molecule has 0 unspecified atom stereocenters. The number of carbonyl (C=O) groups is 1. The summed E-state index contributed by atoms with van der Waals surface area (Å²) < 4.78 is 7.14. The fraction of sp³-hybridized carbons (Fsp3) is 0.273. The molecule has 0 spiro atoms. The van der Waals surface area contributed by atoms with Crippen molar-refractivity contribution in [3.8, 4) is 11.6 Å². The Kier molecular flexibility index (Phi) is 4.66. The Bertz CT molecular complexity index is 1160. The van der Waals surface area contributed by atoms with E-state index in [0.29, 0.717) is 36.7 Å². The van der Waals surface area contributed by atoms with Gasteiger partial charge in [0.1, 0.15) is 5.82 Å². The van der Waals surface area contributed by atoms with Crippen LogP contribution >= 0.6 is 0 Å². The van der Waals surface area contributed by atoms with Gasteiger partial charge in [-0.25, -0.2) is 0 Å². The van der Waals surface area contributed by atoms with Crippen molar-refractivity contribution >= 4 is 17.4 Å². The first-order chi connectivity index (χ1) is 14.7. The van der Waals surface area contributed by atoms with Crippen LogP contribution in [-0.4, -0.2) is 56.8 Å². The molecule has 8 heteroatoms. The lowest BCUT2D eigenvalue weighted by atomic mass is 10.1. The summed E-state index contributed by atoms with van der Waals surface area (Å²) in [5, 5.41) is 13.1. The summed E-state index contributed by atoms with van der Waals surface area (Å²) in [4.78, 5) is 16.8. The highest BCUT2D eigenvalue weighted by Gasteiger charge is 2.23. The largest absolute Gasteiger partial charge is 0.461 e. The monoisotopic (exact) mass is 402 g/mol. The highest BCUT2D eigenvalue weighted by atomic mass is 16.3. The van der Waals surface area contributed by atoms with E-state index < -0.39 is 0 Å². The van der Waals surface area contributed by atoms with Gasteiger partial charge in [0, 0.05) is 26.2 Å². The third-order valence-electron chi connectivity index (χ3n) is 5.42. The number of fused-ring (bicyclic) bond motifs is 1. The molecule has 8 nitrogen and oxygen atoms in total. The number of aryl methyl sites for hydroxylation is 1. The quantitative estimate of drug-likeness (QED) is 0.522. The summed E-state index contributed by atoms with van der Waals surface area (Å²) in [7, 11) is 0. The first-order valence-electron chi connectivity index (χ1n) is 10.0. The number of piperazine rings is 1. The van der Waals surface area contributed by atoms with Crippen molar-refractivity contribution in [2.24, 2.45) is 0 Å². The van der Waals surface area contributed by atoms with E-state index >= 15 is 0 Å². The number of aromatic nitrogens is 4. The summed E-state index contributed by atoms with van der Waals surface area (Å²) in [6.07, 6.45) is 2.05. The smallest absolute Gasteiger partial charge is 0.227 e.